The Bertz CT molecular complexity index is 0. The lowest BCUT2D eigenvalue weighted by Crippen LogP contribution is -1.84. The Hall–Kier alpha value is -0.560. The predicted molar refractivity (Wildman–Crippen MR) is 31.2 cm³/mol. The maximum absolute atomic E-state index is 7.25. The second-order valence-electron chi connectivity index (χ2n) is 0. The van der Waals surface area contributed by atoms with Crippen LogP contribution in [0.15, 0.2) is 0 Å². The van der Waals surface area contributed by atoms with Crippen LogP contribution in [-0.4, -0.2) is 58.7 Å². The molecule has 0 aromatic rings. The van der Waals surface area contributed by atoms with Crippen LogP contribution < -0.4 is 15.8 Å². The predicted octanol–water partition coefficient (Wildman–Crippen LogP) is -6.16. The molecule has 14 nitrogen and oxygen atoms in total. The van der Waals surface area contributed by atoms with Gasteiger partial charge in [0.05, 0.1) is 0 Å². The van der Waals surface area contributed by atoms with Crippen LogP contribution in [0.4, 0.5) is 0 Å². The molecule has 0 aromatic heterocycles. The van der Waals surface area contributed by atoms with Gasteiger partial charge in [0.25, 0.3) is 0 Å². The van der Waals surface area contributed by atoms with E-state index in [4.69, 9.17) is 52.6 Å². The van der Waals surface area contributed by atoms with Crippen LogP contribution in [0.3, 0.4) is 0 Å². The van der Waals surface area contributed by atoms with Crippen molar-refractivity contribution in [1.29, 1.82) is 0 Å². The average Bonchev–Trinajstić information content (AvgIpc) is 2.20. The van der Waals surface area contributed by atoms with Gasteiger partial charge >= 0.3 is 0 Å². The van der Waals surface area contributed by atoms with Crippen molar-refractivity contribution in [1.82, 2.24) is 0 Å². The Morgan fingerprint density at radius 3 is 0.429 bits per heavy atom. The van der Waals surface area contributed by atoms with Crippen LogP contribution >= 0.6 is 0 Å². The number of rotatable bonds is 0. The summed E-state index contributed by atoms with van der Waals surface area (Å²) in [7, 11) is 0. The summed E-state index contributed by atoms with van der Waals surface area (Å²) >= 11 is 0. The molecule has 0 radical (unpaired) electrons. The van der Waals surface area contributed by atoms with Gasteiger partial charge in [0, 0.05) is 0 Å². The molecule has 0 spiro atoms. The molecule has 102 valence electrons. The van der Waals surface area contributed by atoms with Crippen molar-refractivity contribution in [2.24, 2.45) is 0 Å². The highest BCUT2D eigenvalue weighted by Crippen LogP contribution is 0.713. The van der Waals surface area contributed by atoms with Crippen molar-refractivity contribution in [2.75, 3.05) is 0 Å². The lowest BCUT2D eigenvalue weighted by Gasteiger charge is -1.61. The third kappa shape index (κ3) is 3980. The summed E-state index contributed by atoms with van der Waals surface area (Å²) in [6.45, 7) is 0. The molecule has 0 unspecified atom stereocenters. The first-order valence-corrected chi connectivity index (χ1v) is 0.948. The second kappa shape index (κ2) is 5190. The fourth-order valence-corrected chi connectivity index (χ4v) is 0. The van der Waals surface area contributed by atoms with Crippen LogP contribution in [-0.2, 0) is 0 Å². The van der Waals surface area contributed by atoms with Crippen LogP contribution in [0, 0.1) is 0 Å². The fourth-order valence-electron chi connectivity index (χ4n) is 0. The van der Waals surface area contributed by atoms with Gasteiger partial charge in [0.2, 0.25) is 0 Å². The van der Waals surface area contributed by atoms with Gasteiger partial charge in [-0.05, 0) is 0 Å². The lowest BCUT2D eigenvalue weighted by atomic mass is 15.0. The van der Waals surface area contributed by atoms with Gasteiger partial charge in [-0.15, -0.1) is 0 Å². The standard InChI is InChI=1S/5H2O2.4H2O/c5*1-2;;;;/h5*1-2H;4*1H2/p-4. The summed E-state index contributed by atoms with van der Waals surface area (Å²) in [6.07, 6.45) is 0. The van der Waals surface area contributed by atoms with Gasteiger partial charge in [0.15, 0.2) is 0 Å². The van der Waals surface area contributed by atoms with Crippen LogP contribution in [0.2, 0.25) is 0 Å². The maximum Gasteiger partial charge on any atom is -0.255 e. The van der Waals surface area contributed by atoms with E-state index in [9.17, 15) is 0 Å². The zero-order valence-corrected chi connectivity index (χ0v) is 6.30. The Balaban J connectivity index is -0.00000000298. The molecule has 14 N–H and O–H groups in total. The summed E-state index contributed by atoms with van der Waals surface area (Å²) in [5.41, 5.74) is 0. The summed E-state index contributed by atoms with van der Waals surface area (Å²) in [4.78, 5) is 0. The van der Waals surface area contributed by atoms with Gasteiger partial charge in [-0.2, -0.15) is 0 Å². The summed E-state index contributed by atoms with van der Waals surface area (Å²) < 4.78 is 0. The Labute approximate surface area is 75.9 Å². The molecule has 0 aromatic carbocycles. The van der Waals surface area contributed by atoms with Gasteiger partial charge in [0.1, 0.15) is 0 Å². The molecule has 0 amide bonds. The highest BCUT2D eigenvalue weighted by molar-refractivity contribution is 1.83. The molecule has 0 fully saturated rings. The Morgan fingerprint density at radius 1 is 0.429 bits per heavy atom. The normalized spacial score (nSPS) is 2.14. The molecule has 0 aliphatic carbocycles. The van der Waals surface area contributed by atoms with E-state index >= 15 is 0 Å². The smallest absolute Gasteiger partial charge is 0.255 e. The molecular weight excluding hydrogens is 224 g/mol. The third-order valence-corrected chi connectivity index (χ3v) is 0. The monoisotopic (exact) mass is 238 g/mol. The van der Waals surface area contributed by atoms with Gasteiger partial charge in [-0.3, -0.25) is 21.0 Å². The van der Waals surface area contributed by atoms with Crippen molar-refractivity contribution in [2.45, 2.75) is 0 Å². The first kappa shape index (κ1) is 106. The number of hydrogen-bond donors (Lipinski definition) is 7. The van der Waals surface area contributed by atoms with Crippen molar-refractivity contribution in [3.05, 3.63) is 0 Å². The Kier molecular flexibility index (Phi) is 39100. The minimum atomic E-state index is 0. The Morgan fingerprint density at radius 2 is 0.429 bits per heavy atom. The van der Waals surface area contributed by atoms with Crippen molar-refractivity contribution in [3.8, 4) is 0 Å². The molecule has 0 atom stereocenters. The zero-order chi connectivity index (χ0) is 10.0. The summed E-state index contributed by atoms with van der Waals surface area (Å²) in [5, 5.41) is 63.0. The maximum atomic E-state index is 7.25. The summed E-state index contributed by atoms with van der Waals surface area (Å²) in [6, 6.07) is 0. The SMILES string of the molecule is O.O.O.OO.OO.[O-]O.[O-]O.[O-]O.[OH-]. The fraction of sp³-hybridized carbons (Fsp3) is 0. The van der Waals surface area contributed by atoms with Crippen molar-refractivity contribution >= 4 is 0 Å². The average molecular weight is 238 g/mol. The van der Waals surface area contributed by atoms with Crippen LogP contribution in [0.5, 0.6) is 0 Å². The van der Waals surface area contributed by atoms with Crippen LogP contribution in [0.1, 0.15) is 0 Å². The van der Waals surface area contributed by atoms with Crippen molar-refractivity contribution < 1.29 is 74.5 Å². The minimum absolute atomic E-state index is 0. The molecule has 14 heteroatoms. The molecule has 0 rings (SSSR count). The molecule has 0 bridgehead atoms. The largest absolute Gasteiger partial charge is 0.870 e. The molecule has 14 heavy (non-hydrogen) atoms. The second-order valence-corrected chi connectivity index (χ2v) is 0. The highest BCUT2D eigenvalue weighted by atomic mass is 17.0. The van der Waals surface area contributed by atoms with E-state index in [0.29, 0.717) is 0 Å². The summed E-state index contributed by atoms with van der Waals surface area (Å²) in [5.74, 6) is 0. The van der Waals surface area contributed by atoms with E-state index < -0.39 is 0 Å². The van der Waals surface area contributed by atoms with Gasteiger partial charge in [-0.25, -0.2) is 0 Å². The number of hydrogen-bond acceptors (Lipinski definition) is 11. The van der Waals surface area contributed by atoms with E-state index in [2.05, 4.69) is 0 Å². The topological polar surface area (TPSA) is 335 Å². The van der Waals surface area contributed by atoms with E-state index in [-0.39, 0.29) is 21.9 Å². The molecule has 0 heterocycles. The molecular formula is H14O14-4. The highest BCUT2D eigenvalue weighted by Gasteiger charge is 0.748. The minimum Gasteiger partial charge on any atom is -0.870 e. The van der Waals surface area contributed by atoms with E-state index in [1.807, 2.05) is 0 Å². The van der Waals surface area contributed by atoms with E-state index in [0.717, 1.165) is 0 Å². The molecule has 0 aliphatic heterocycles. The molecule has 0 aliphatic rings. The van der Waals surface area contributed by atoms with Crippen LogP contribution in [0.25, 0.3) is 0 Å². The first-order valence-electron chi connectivity index (χ1n) is 0.948. The van der Waals surface area contributed by atoms with Gasteiger partial charge < -0.3 is 53.4 Å². The first-order chi connectivity index (χ1) is 5.00. The van der Waals surface area contributed by atoms with Crippen molar-refractivity contribution in [3.63, 3.8) is 0 Å². The van der Waals surface area contributed by atoms with E-state index in [1.54, 1.807) is 0 Å². The third-order valence-electron chi connectivity index (χ3n) is 0. The molecule has 0 saturated carbocycles. The molecule has 0 saturated heterocycles. The zero-order valence-electron chi connectivity index (χ0n) is 6.30. The quantitative estimate of drug-likeness (QED) is 0.153. The van der Waals surface area contributed by atoms with E-state index in [1.165, 1.54) is 0 Å². The lowest BCUT2D eigenvalue weighted by molar-refractivity contribution is -0.670. The van der Waals surface area contributed by atoms with Gasteiger partial charge in [-0.1, -0.05) is 0 Å².